The van der Waals surface area contributed by atoms with Crippen LogP contribution in [0, 0.1) is 6.92 Å². The van der Waals surface area contributed by atoms with Crippen LogP contribution in [0.15, 0.2) is 28.7 Å². The van der Waals surface area contributed by atoms with Crippen molar-refractivity contribution in [2.45, 2.75) is 26.8 Å². The van der Waals surface area contributed by atoms with E-state index < -0.39 is 0 Å². The number of rotatable bonds is 3. The van der Waals surface area contributed by atoms with E-state index in [2.05, 4.69) is 18.8 Å². The van der Waals surface area contributed by atoms with E-state index in [0.29, 0.717) is 12.4 Å². The molecule has 1 heterocycles. The standard InChI is InChI=1S/C13H16N2O/c1-3-11-12(8-14)16-13(15-11)10-6-4-9(2)5-7-10/h4-7H,3,8,14H2,1-2H3. The Morgan fingerprint density at radius 3 is 2.44 bits per heavy atom. The van der Waals surface area contributed by atoms with E-state index in [-0.39, 0.29) is 0 Å². The van der Waals surface area contributed by atoms with Crippen molar-refractivity contribution in [1.29, 1.82) is 0 Å². The second kappa shape index (κ2) is 4.49. The minimum Gasteiger partial charge on any atom is -0.440 e. The Morgan fingerprint density at radius 1 is 1.25 bits per heavy atom. The maximum absolute atomic E-state index is 5.64. The van der Waals surface area contributed by atoms with E-state index >= 15 is 0 Å². The molecule has 0 aliphatic carbocycles. The van der Waals surface area contributed by atoms with Gasteiger partial charge in [-0.15, -0.1) is 0 Å². The van der Waals surface area contributed by atoms with Crippen LogP contribution in [0.5, 0.6) is 0 Å². The quantitative estimate of drug-likeness (QED) is 0.858. The Morgan fingerprint density at radius 2 is 1.94 bits per heavy atom. The molecular formula is C13H16N2O. The number of benzene rings is 1. The first-order chi connectivity index (χ1) is 7.74. The average molecular weight is 216 g/mol. The van der Waals surface area contributed by atoms with Crippen LogP contribution in [0.2, 0.25) is 0 Å². The molecule has 0 bridgehead atoms. The van der Waals surface area contributed by atoms with E-state index in [1.165, 1.54) is 5.56 Å². The summed E-state index contributed by atoms with van der Waals surface area (Å²) in [5, 5.41) is 0. The summed E-state index contributed by atoms with van der Waals surface area (Å²) in [4.78, 5) is 4.45. The second-order valence-corrected chi connectivity index (χ2v) is 3.81. The minimum absolute atomic E-state index is 0.405. The fraction of sp³-hybridized carbons (Fsp3) is 0.308. The number of aryl methyl sites for hydroxylation is 2. The molecule has 1 aromatic carbocycles. The van der Waals surface area contributed by atoms with Crippen molar-refractivity contribution in [3.8, 4) is 11.5 Å². The SMILES string of the molecule is CCc1nc(-c2ccc(C)cc2)oc1CN. The topological polar surface area (TPSA) is 52.0 Å². The molecule has 0 unspecified atom stereocenters. The number of hydrogen-bond acceptors (Lipinski definition) is 3. The molecule has 3 heteroatoms. The first kappa shape index (κ1) is 10.9. The lowest BCUT2D eigenvalue weighted by molar-refractivity contribution is 0.517. The molecule has 0 saturated heterocycles. The van der Waals surface area contributed by atoms with Crippen LogP contribution in [0.25, 0.3) is 11.5 Å². The van der Waals surface area contributed by atoms with Crippen molar-refractivity contribution in [2.24, 2.45) is 5.73 Å². The molecular weight excluding hydrogens is 200 g/mol. The largest absolute Gasteiger partial charge is 0.440 e. The molecule has 2 rings (SSSR count). The van der Waals surface area contributed by atoms with Crippen LogP contribution in [0.4, 0.5) is 0 Å². The number of nitrogens with two attached hydrogens (primary N) is 1. The predicted octanol–water partition coefficient (Wildman–Crippen LogP) is 2.67. The molecule has 84 valence electrons. The van der Waals surface area contributed by atoms with Gasteiger partial charge in [-0.05, 0) is 25.5 Å². The smallest absolute Gasteiger partial charge is 0.226 e. The van der Waals surface area contributed by atoms with Crippen LogP contribution in [0.3, 0.4) is 0 Å². The van der Waals surface area contributed by atoms with Gasteiger partial charge in [0.2, 0.25) is 5.89 Å². The van der Waals surface area contributed by atoms with Crippen molar-refractivity contribution in [2.75, 3.05) is 0 Å². The third kappa shape index (κ3) is 1.99. The first-order valence-corrected chi connectivity index (χ1v) is 5.50. The summed E-state index contributed by atoms with van der Waals surface area (Å²) in [7, 11) is 0. The van der Waals surface area contributed by atoms with Gasteiger partial charge in [0.15, 0.2) is 0 Å². The van der Waals surface area contributed by atoms with E-state index in [1.54, 1.807) is 0 Å². The number of hydrogen-bond donors (Lipinski definition) is 1. The second-order valence-electron chi connectivity index (χ2n) is 3.81. The summed E-state index contributed by atoms with van der Waals surface area (Å²) in [5.41, 5.74) is 8.79. The van der Waals surface area contributed by atoms with Gasteiger partial charge in [0.25, 0.3) is 0 Å². The zero-order valence-corrected chi connectivity index (χ0v) is 9.66. The van der Waals surface area contributed by atoms with E-state index in [1.807, 2.05) is 24.3 Å². The molecule has 2 aromatic rings. The normalized spacial score (nSPS) is 10.7. The van der Waals surface area contributed by atoms with Gasteiger partial charge < -0.3 is 10.2 Å². The highest BCUT2D eigenvalue weighted by Crippen LogP contribution is 2.22. The van der Waals surface area contributed by atoms with Gasteiger partial charge in [0, 0.05) is 5.56 Å². The third-order valence-corrected chi connectivity index (χ3v) is 2.60. The maximum atomic E-state index is 5.64. The van der Waals surface area contributed by atoms with Crippen LogP contribution in [0.1, 0.15) is 23.9 Å². The Bertz CT molecular complexity index is 450. The lowest BCUT2D eigenvalue weighted by Crippen LogP contribution is -1.97. The summed E-state index contributed by atoms with van der Waals surface area (Å²) in [6, 6.07) is 8.13. The molecule has 0 aliphatic rings. The average Bonchev–Trinajstić information content (AvgIpc) is 2.73. The van der Waals surface area contributed by atoms with Crippen LogP contribution >= 0.6 is 0 Å². The fourth-order valence-electron chi connectivity index (χ4n) is 1.64. The number of nitrogens with zero attached hydrogens (tertiary/aromatic N) is 1. The number of aromatic nitrogens is 1. The molecule has 0 amide bonds. The van der Waals surface area contributed by atoms with Crippen molar-refractivity contribution in [3.63, 3.8) is 0 Å². The number of oxazole rings is 1. The summed E-state index contributed by atoms with van der Waals surface area (Å²) in [6.07, 6.45) is 0.849. The van der Waals surface area contributed by atoms with E-state index in [9.17, 15) is 0 Å². The highest BCUT2D eigenvalue weighted by atomic mass is 16.4. The summed E-state index contributed by atoms with van der Waals surface area (Å²) < 4.78 is 5.64. The first-order valence-electron chi connectivity index (χ1n) is 5.50. The van der Waals surface area contributed by atoms with Crippen LogP contribution in [-0.2, 0) is 13.0 Å². The predicted molar refractivity (Wildman–Crippen MR) is 63.9 cm³/mol. The minimum atomic E-state index is 0.405. The lowest BCUT2D eigenvalue weighted by Gasteiger charge is -1.95. The zero-order valence-electron chi connectivity index (χ0n) is 9.66. The Hall–Kier alpha value is -1.61. The van der Waals surface area contributed by atoms with Crippen molar-refractivity contribution in [1.82, 2.24) is 4.98 Å². The molecule has 3 nitrogen and oxygen atoms in total. The van der Waals surface area contributed by atoms with Crippen molar-refractivity contribution >= 4 is 0 Å². The molecule has 0 fully saturated rings. The molecule has 0 radical (unpaired) electrons. The Labute approximate surface area is 95.3 Å². The van der Waals surface area contributed by atoms with E-state index in [0.717, 1.165) is 23.4 Å². The highest BCUT2D eigenvalue weighted by molar-refractivity contribution is 5.54. The highest BCUT2D eigenvalue weighted by Gasteiger charge is 2.11. The molecule has 2 N–H and O–H groups in total. The Kier molecular flexibility index (Phi) is 3.06. The van der Waals surface area contributed by atoms with Gasteiger partial charge in [0.1, 0.15) is 5.76 Å². The van der Waals surface area contributed by atoms with Gasteiger partial charge in [-0.1, -0.05) is 24.6 Å². The molecule has 0 aliphatic heterocycles. The van der Waals surface area contributed by atoms with E-state index in [4.69, 9.17) is 10.2 Å². The van der Waals surface area contributed by atoms with Gasteiger partial charge in [-0.2, -0.15) is 0 Å². The van der Waals surface area contributed by atoms with Crippen molar-refractivity contribution in [3.05, 3.63) is 41.3 Å². The molecule has 0 atom stereocenters. The Balaban J connectivity index is 2.40. The molecule has 16 heavy (non-hydrogen) atoms. The molecule has 0 saturated carbocycles. The molecule has 1 aromatic heterocycles. The van der Waals surface area contributed by atoms with Gasteiger partial charge in [-0.25, -0.2) is 4.98 Å². The van der Waals surface area contributed by atoms with Gasteiger partial charge in [-0.3, -0.25) is 0 Å². The van der Waals surface area contributed by atoms with Gasteiger partial charge >= 0.3 is 0 Å². The third-order valence-electron chi connectivity index (χ3n) is 2.60. The maximum Gasteiger partial charge on any atom is 0.226 e. The van der Waals surface area contributed by atoms with Crippen LogP contribution < -0.4 is 5.73 Å². The fourth-order valence-corrected chi connectivity index (χ4v) is 1.64. The summed E-state index contributed by atoms with van der Waals surface area (Å²) >= 11 is 0. The summed E-state index contributed by atoms with van der Waals surface area (Å²) in [5.74, 6) is 1.45. The van der Waals surface area contributed by atoms with Crippen molar-refractivity contribution < 1.29 is 4.42 Å². The summed E-state index contributed by atoms with van der Waals surface area (Å²) in [6.45, 7) is 4.51. The monoisotopic (exact) mass is 216 g/mol. The zero-order chi connectivity index (χ0) is 11.5. The molecule has 0 spiro atoms. The van der Waals surface area contributed by atoms with Gasteiger partial charge in [0.05, 0.1) is 12.2 Å². The lowest BCUT2D eigenvalue weighted by atomic mass is 10.1. The van der Waals surface area contributed by atoms with Crippen LogP contribution in [-0.4, -0.2) is 4.98 Å².